The van der Waals surface area contributed by atoms with Gasteiger partial charge < -0.3 is 14.5 Å². The van der Waals surface area contributed by atoms with Crippen molar-refractivity contribution >= 4 is 39.1 Å². The van der Waals surface area contributed by atoms with Crippen LogP contribution >= 0.6 is 11.3 Å². The minimum Gasteiger partial charge on any atom is -0.465 e. The summed E-state index contributed by atoms with van der Waals surface area (Å²) in [5, 5.41) is 1.60. The van der Waals surface area contributed by atoms with Gasteiger partial charge in [0.05, 0.1) is 7.11 Å². The molecule has 2 aliphatic rings. The number of aryl methyl sites for hydroxylation is 1. The number of carbonyl (C=O) groups excluding carboxylic acids is 1. The zero-order valence-corrected chi connectivity index (χ0v) is 18.7. The molecule has 4 rings (SSSR count). The van der Waals surface area contributed by atoms with Crippen LogP contribution in [0.15, 0.2) is 22.4 Å². The molecule has 9 nitrogen and oxygen atoms in total. The van der Waals surface area contributed by atoms with E-state index in [1.165, 1.54) is 17.5 Å². The second-order valence-electron chi connectivity index (χ2n) is 7.36. The smallest absolute Gasteiger partial charge is 0.349 e. The summed E-state index contributed by atoms with van der Waals surface area (Å²) in [5.41, 5.74) is 0.901. The predicted molar refractivity (Wildman–Crippen MR) is 115 cm³/mol. The van der Waals surface area contributed by atoms with Gasteiger partial charge in [0.1, 0.15) is 15.6 Å². The summed E-state index contributed by atoms with van der Waals surface area (Å²) >= 11 is 1.07. The summed E-state index contributed by atoms with van der Waals surface area (Å²) in [6.07, 6.45) is 2.30. The maximum atomic E-state index is 13.1. The fourth-order valence-electron chi connectivity index (χ4n) is 3.80. The minimum absolute atomic E-state index is 0.0157. The van der Waals surface area contributed by atoms with Gasteiger partial charge in [0.25, 0.3) is 0 Å². The molecule has 0 aliphatic carbocycles. The third-order valence-corrected chi connectivity index (χ3v) is 8.36. The van der Waals surface area contributed by atoms with Gasteiger partial charge in [0.15, 0.2) is 0 Å². The van der Waals surface area contributed by atoms with E-state index in [2.05, 4.69) is 14.8 Å². The first-order valence-corrected chi connectivity index (χ1v) is 12.2. The van der Waals surface area contributed by atoms with Gasteiger partial charge in [-0.15, -0.1) is 11.3 Å². The normalized spacial score (nSPS) is 18.1. The lowest BCUT2D eigenvalue weighted by Gasteiger charge is -2.35. The van der Waals surface area contributed by atoms with Crippen LogP contribution in [0.4, 0.5) is 11.8 Å². The van der Waals surface area contributed by atoms with E-state index in [0.717, 1.165) is 54.7 Å². The molecule has 0 saturated carbocycles. The van der Waals surface area contributed by atoms with Crippen molar-refractivity contribution in [2.45, 2.75) is 24.7 Å². The topological polar surface area (TPSA) is 95.9 Å². The highest BCUT2D eigenvalue weighted by molar-refractivity contribution is 7.89. The molecule has 2 aromatic rings. The SMILES string of the molecule is COC(=O)c1sccc1S(=O)(=O)N1CCN(c2cc(C)nc(N3CCCC3)n2)CC1. The highest BCUT2D eigenvalue weighted by Gasteiger charge is 2.33. The molecule has 4 heterocycles. The van der Waals surface area contributed by atoms with Crippen LogP contribution in [0.1, 0.15) is 28.2 Å². The van der Waals surface area contributed by atoms with Crippen LogP contribution in [0, 0.1) is 6.92 Å². The molecule has 2 aromatic heterocycles. The zero-order chi connectivity index (χ0) is 21.3. The molecule has 2 aliphatic heterocycles. The second-order valence-corrected chi connectivity index (χ2v) is 10.2. The summed E-state index contributed by atoms with van der Waals surface area (Å²) in [5.74, 6) is 0.943. The first-order chi connectivity index (χ1) is 14.4. The number of sulfonamides is 1. The van der Waals surface area contributed by atoms with Gasteiger partial charge in [-0.25, -0.2) is 18.2 Å². The van der Waals surface area contributed by atoms with Crippen molar-refractivity contribution < 1.29 is 17.9 Å². The number of hydrogen-bond acceptors (Lipinski definition) is 9. The molecular formula is C19H25N5O4S2. The number of aromatic nitrogens is 2. The van der Waals surface area contributed by atoms with Crippen LogP contribution in [0.3, 0.4) is 0 Å². The van der Waals surface area contributed by atoms with Gasteiger partial charge in [0.2, 0.25) is 16.0 Å². The average molecular weight is 452 g/mol. The number of nitrogens with zero attached hydrogens (tertiary/aromatic N) is 5. The van der Waals surface area contributed by atoms with Crippen molar-refractivity contribution in [1.82, 2.24) is 14.3 Å². The number of anilines is 2. The van der Waals surface area contributed by atoms with Crippen molar-refractivity contribution in [3.8, 4) is 0 Å². The Labute approximate surface area is 180 Å². The van der Waals surface area contributed by atoms with E-state index >= 15 is 0 Å². The lowest BCUT2D eigenvalue weighted by atomic mass is 10.3. The number of hydrogen-bond donors (Lipinski definition) is 0. The Morgan fingerprint density at radius 2 is 1.77 bits per heavy atom. The summed E-state index contributed by atoms with van der Waals surface area (Å²) in [6, 6.07) is 3.41. The zero-order valence-electron chi connectivity index (χ0n) is 17.1. The Bertz CT molecular complexity index is 1030. The third-order valence-electron chi connectivity index (χ3n) is 5.40. The second kappa shape index (κ2) is 8.48. The molecule has 162 valence electrons. The minimum atomic E-state index is -3.76. The van der Waals surface area contributed by atoms with Crippen LogP contribution in [0.2, 0.25) is 0 Å². The van der Waals surface area contributed by atoms with Crippen molar-refractivity contribution in [3.63, 3.8) is 0 Å². The van der Waals surface area contributed by atoms with E-state index in [0.29, 0.717) is 26.2 Å². The molecule has 30 heavy (non-hydrogen) atoms. The summed E-state index contributed by atoms with van der Waals surface area (Å²) < 4.78 is 32.3. The number of carbonyl (C=O) groups is 1. The maximum absolute atomic E-state index is 13.1. The van der Waals surface area contributed by atoms with Gasteiger partial charge in [-0.3, -0.25) is 0 Å². The van der Waals surface area contributed by atoms with Crippen LogP contribution in [0.25, 0.3) is 0 Å². The van der Waals surface area contributed by atoms with Crippen molar-refractivity contribution in [2.24, 2.45) is 0 Å². The van der Waals surface area contributed by atoms with E-state index in [1.54, 1.807) is 5.38 Å². The molecule has 0 N–H and O–H groups in total. The Balaban J connectivity index is 1.49. The summed E-state index contributed by atoms with van der Waals surface area (Å²) in [7, 11) is -2.52. The molecule has 11 heteroatoms. The number of thiophene rings is 1. The molecule has 2 fully saturated rings. The fraction of sp³-hybridized carbons (Fsp3) is 0.526. The highest BCUT2D eigenvalue weighted by Crippen LogP contribution is 2.28. The molecule has 0 radical (unpaired) electrons. The van der Waals surface area contributed by atoms with E-state index < -0.39 is 16.0 Å². The first kappa shape index (κ1) is 21.0. The van der Waals surface area contributed by atoms with Gasteiger partial charge in [-0.05, 0) is 31.2 Å². The monoisotopic (exact) mass is 451 g/mol. The van der Waals surface area contributed by atoms with Crippen LogP contribution in [-0.2, 0) is 14.8 Å². The summed E-state index contributed by atoms with van der Waals surface area (Å²) in [4.78, 5) is 25.6. The van der Waals surface area contributed by atoms with E-state index in [4.69, 9.17) is 9.72 Å². The quantitative estimate of drug-likeness (QED) is 0.635. The van der Waals surface area contributed by atoms with E-state index in [1.807, 2.05) is 13.0 Å². The Hall–Kier alpha value is -2.24. The molecule has 0 amide bonds. The summed E-state index contributed by atoms with van der Waals surface area (Å²) in [6.45, 7) is 5.58. The van der Waals surface area contributed by atoms with Crippen molar-refractivity contribution in [2.75, 3.05) is 56.2 Å². The number of rotatable bonds is 5. The number of piperazine rings is 1. The highest BCUT2D eigenvalue weighted by atomic mass is 32.2. The van der Waals surface area contributed by atoms with Gasteiger partial charge >= 0.3 is 5.97 Å². The molecule has 0 aromatic carbocycles. The van der Waals surface area contributed by atoms with Gasteiger partial charge in [0, 0.05) is 51.0 Å². The van der Waals surface area contributed by atoms with Crippen molar-refractivity contribution in [1.29, 1.82) is 0 Å². The standard InChI is InChI=1S/C19H25N5O4S2/c1-14-13-16(21-19(20-14)23-6-3-4-7-23)22-8-10-24(11-9-22)30(26,27)15-5-12-29-17(15)18(25)28-2/h5,12-13H,3-4,6-11H2,1-2H3. The molecule has 0 atom stereocenters. The van der Waals surface area contributed by atoms with Gasteiger partial charge in [-0.1, -0.05) is 0 Å². The fourth-order valence-corrected chi connectivity index (χ4v) is 6.53. The van der Waals surface area contributed by atoms with Crippen LogP contribution < -0.4 is 9.80 Å². The molecule has 0 spiro atoms. The Morgan fingerprint density at radius 3 is 2.43 bits per heavy atom. The maximum Gasteiger partial charge on any atom is 0.349 e. The van der Waals surface area contributed by atoms with E-state index in [9.17, 15) is 13.2 Å². The number of methoxy groups -OCH3 is 1. The number of esters is 1. The predicted octanol–water partition coefficient (Wildman–Crippen LogP) is 1.74. The van der Waals surface area contributed by atoms with Crippen LogP contribution in [0.5, 0.6) is 0 Å². The molecular weight excluding hydrogens is 426 g/mol. The van der Waals surface area contributed by atoms with E-state index in [-0.39, 0.29) is 9.77 Å². The molecule has 2 saturated heterocycles. The van der Waals surface area contributed by atoms with Crippen molar-refractivity contribution in [3.05, 3.63) is 28.1 Å². The lowest BCUT2D eigenvalue weighted by molar-refractivity contribution is 0.0602. The van der Waals surface area contributed by atoms with Gasteiger partial charge in [-0.2, -0.15) is 9.29 Å². The van der Waals surface area contributed by atoms with Crippen LogP contribution in [-0.4, -0.2) is 75.0 Å². The Kier molecular flexibility index (Phi) is 5.94. The molecule has 0 bridgehead atoms. The largest absolute Gasteiger partial charge is 0.465 e. The average Bonchev–Trinajstić information content (AvgIpc) is 3.45. The molecule has 0 unspecified atom stereocenters. The third kappa shape index (κ3) is 4.01. The first-order valence-electron chi connectivity index (χ1n) is 9.91. The Morgan fingerprint density at radius 1 is 1.07 bits per heavy atom. The lowest BCUT2D eigenvalue weighted by Crippen LogP contribution is -2.49. The number of ether oxygens (including phenoxy) is 1.